The summed E-state index contributed by atoms with van der Waals surface area (Å²) in [5.41, 5.74) is 2.40. The van der Waals surface area contributed by atoms with Crippen LogP contribution in [0.1, 0.15) is 36.6 Å². The molecule has 0 unspecified atom stereocenters. The second-order valence-corrected chi connectivity index (χ2v) is 6.49. The lowest BCUT2D eigenvalue weighted by Crippen LogP contribution is -2.33. The van der Waals surface area contributed by atoms with Crippen LogP contribution in [-0.4, -0.2) is 31.4 Å². The molecule has 26 heavy (non-hydrogen) atoms. The Morgan fingerprint density at radius 3 is 2.77 bits per heavy atom. The number of anilines is 2. The van der Waals surface area contributed by atoms with Gasteiger partial charge in [-0.05, 0) is 31.0 Å². The van der Waals surface area contributed by atoms with Crippen LogP contribution in [0.4, 0.5) is 11.8 Å². The van der Waals surface area contributed by atoms with Gasteiger partial charge in [0.15, 0.2) is 5.82 Å². The lowest BCUT2D eigenvalue weighted by atomic mass is 9.98. The number of aromatic nitrogens is 4. The molecule has 0 saturated carbocycles. The van der Waals surface area contributed by atoms with E-state index in [0.29, 0.717) is 17.8 Å². The predicted octanol–water partition coefficient (Wildman–Crippen LogP) is 3.74. The maximum absolute atomic E-state index is 4.75. The Morgan fingerprint density at radius 2 is 1.92 bits per heavy atom. The highest BCUT2D eigenvalue weighted by Crippen LogP contribution is 2.31. The Balaban J connectivity index is 1.53. The fourth-order valence-corrected chi connectivity index (χ4v) is 3.43. The molecule has 1 N–H and O–H groups in total. The summed E-state index contributed by atoms with van der Waals surface area (Å²) in [5, 5.41) is 3.13. The molecule has 1 aromatic carbocycles. The molecular weight excluding hydrogens is 324 g/mol. The summed E-state index contributed by atoms with van der Waals surface area (Å²) in [6.45, 7) is 2.04. The van der Waals surface area contributed by atoms with E-state index < -0.39 is 0 Å². The lowest BCUT2D eigenvalue weighted by Gasteiger charge is -2.35. The van der Waals surface area contributed by atoms with Gasteiger partial charge < -0.3 is 5.32 Å². The molecule has 3 aromatic rings. The van der Waals surface area contributed by atoms with E-state index in [1.807, 2.05) is 12.3 Å². The minimum atomic E-state index is 0.314. The first-order valence-electron chi connectivity index (χ1n) is 9.02. The van der Waals surface area contributed by atoms with Gasteiger partial charge in [0.2, 0.25) is 5.95 Å². The molecule has 0 spiro atoms. The Bertz CT molecular complexity index is 824. The van der Waals surface area contributed by atoms with Crippen LogP contribution in [0.15, 0.2) is 61.2 Å². The van der Waals surface area contributed by atoms with Crippen molar-refractivity contribution in [3.63, 3.8) is 0 Å². The van der Waals surface area contributed by atoms with Crippen molar-refractivity contribution in [2.45, 2.75) is 31.8 Å². The van der Waals surface area contributed by atoms with Gasteiger partial charge in [-0.2, -0.15) is 0 Å². The molecule has 6 heteroatoms. The maximum Gasteiger partial charge on any atom is 0.228 e. The fourth-order valence-electron chi connectivity index (χ4n) is 3.43. The van der Waals surface area contributed by atoms with Crippen molar-refractivity contribution in [3.8, 4) is 0 Å². The lowest BCUT2D eigenvalue weighted by molar-refractivity contribution is 0.137. The van der Waals surface area contributed by atoms with E-state index in [1.54, 1.807) is 18.6 Å². The van der Waals surface area contributed by atoms with Gasteiger partial charge in [0, 0.05) is 25.1 Å². The Morgan fingerprint density at radius 1 is 1.00 bits per heavy atom. The van der Waals surface area contributed by atoms with E-state index in [9.17, 15) is 0 Å². The highest BCUT2D eigenvalue weighted by molar-refractivity contribution is 5.45. The molecular formula is C20H22N6. The summed E-state index contributed by atoms with van der Waals surface area (Å²) in [7, 11) is 0. The van der Waals surface area contributed by atoms with Crippen molar-refractivity contribution in [2.24, 2.45) is 0 Å². The maximum atomic E-state index is 4.75. The predicted molar refractivity (Wildman–Crippen MR) is 101 cm³/mol. The zero-order chi connectivity index (χ0) is 17.6. The molecule has 6 nitrogen and oxygen atoms in total. The highest BCUT2D eigenvalue weighted by atomic mass is 15.2. The minimum Gasteiger partial charge on any atom is -0.307 e. The molecule has 1 aliphatic heterocycles. The summed E-state index contributed by atoms with van der Waals surface area (Å²) < 4.78 is 0. The van der Waals surface area contributed by atoms with Crippen molar-refractivity contribution in [1.82, 2.24) is 24.8 Å². The zero-order valence-corrected chi connectivity index (χ0v) is 14.6. The number of piperidine rings is 1. The molecule has 132 valence electrons. The first-order valence-corrected chi connectivity index (χ1v) is 9.02. The number of hydrogen-bond acceptors (Lipinski definition) is 6. The van der Waals surface area contributed by atoms with Gasteiger partial charge in [-0.25, -0.2) is 15.0 Å². The highest BCUT2D eigenvalue weighted by Gasteiger charge is 2.25. The van der Waals surface area contributed by atoms with E-state index in [0.717, 1.165) is 25.2 Å². The van der Waals surface area contributed by atoms with Crippen LogP contribution >= 0.6 is 0 Å². The average Bonchev–Trinajstić information content (AvgIpc) is 2.70. The van der Waals surface area contributed by atoms with E-state index in [4.69, 9.17) is 4.98 Å². The molecule has 4 rings (SSSR count). The average molecular weight is 346 g/mol. The SMILES string of the molecule is c1ccc(CN2CCCC[C@H]2c2ccnc(Nc3cnccn3)n2)cc1. The largest absolute Gasteiger partial charge is 0.307 e. The molecule has 3 heterocycles. The van der Waals surface area contributed by atoms with Gasteiger partial charge in [-0.1, -0.05) is 36.8 Å². The summed E-state index contributed by atoms with van der Waals surface area (Å²) in [6, 6.07) is 13.0. The van der Waals surface area contributed by atoms with Gasteiger partial charge in [0.1, 0.15) is 0 Å². The van der Waals surface area contributed by atoms with Gasteiger partial charge in [0.05, 0.1) is 17.9 Å². The van der Waals surface area contributed by atoms with E-state index in [-0.39, 0.29) is 0 Å². The van der Waals surface area contributed by atoms with Crippen molar-refractivity contribution in [2.75, 3.05) is 11.9 Å². The van der Waals surface area contributed by atoms with E-state index in [1.165, 1.54) is 18.4 Å². The first kappa shape index (κ1) is 16.6. The number of benzene rings is 1. The van der Waals surface area contributed by atoms with Crippen LogP contribution in [0, 0.1) is 0 Å². The quantitative estimate of drug-likeness (QED) is 0.759. The third kappa shape index (κ3) is 4.03. The molecule has 1 fully saturated rings. The molecule has 0 amide bonds. The van der Waals surface area contributed by atoms with E-state index >= 15 is 0 Å². The van der Waals surface area contributed by atoms with Crippen molar-refractivity contribution < 1.29 is 0 Å². The van der Waals surface area contributed by atoms with Gasteiger partial charge in [-0.15, -0.1) is 0 Å². The third-order valence-electron chi connectivity index (χ3n) is 4.66. The van der Waals surface area contributed by atoms with Crippen molar-refractivity contribution >= 4 is 11.8 Å². The van der Waals surface area contributed by atoms with Crippen LogP contribution in [0.25, 0.3) is 0 Å². The van der Waals surface area contributed by atoms with Crippen LogP contribution in [0.3, 0.4) is 0 Å². The summed E-state index contributed by atoms with van der Waals surface area (Å²) in [6.07, 6.45) is 10.4. The first-order chi connectivity index (χ1) is 12.9. The summed E-state index contributed by atoms with van der Waals surface area (Å²) in [5.74, 6) is 1.21. The molecule has 2 aromatic heterocycles. The number of hydrogen-bond donors (Lipinski definition) is 1. The Hall–Kier alpha value is -2.86. The van der Waals surface area contributed by atoms with Gasteiger partial charge in [0.25, 0.3) is 0 Å². The number of rotatable bonds is 5. The van der Waals surface area contributed by atoms with Crippen LogP contribution in [0.5, 0.6) is 0 Å². The molecule has 1 aliphatic rings. The smallest absolute Gasteiger partial charge is 0.228 e. The number of nitrogens with one attached hydrogen (secondary N) is 1. The van der Waals surface area contributed by atoms with Crippen LogP contribution in [-0.2, 0) is 6.54 Å². The molecule has 0 bridgehead atoms. The second-order valence-electron chi connectivity index (χ2n) is 6.49. The summed E-state index contributed by atoms with van der Waals surface area (Å²) in [4.78, 5) is 19.9. The van der Waals surface area contributed by atoms with Crippen molar-refractivity contribution in [1.29, 1.82) is 0 Å². The van der Waals surface area contributed by atoms with Crippen LogP contribution < -0.4 is 5.32 Å². The standard InChI is InChI=1S/C20H22N6/c1-2-6-16(7-3-1)15-26-13-5-4-8-18(26)17-9-10-23-20(24-17)25-19-14-21-11-12-22-19/h1-3,6-7,9-12,14,18H,4-5,8,13,15H2,(H,22,23,24,25)/t18-/m0/s1. The molecule has 1 saturated heterocycles. The molecule has 0 radical (unpaired) electrons. The Kier molecular flexibility index (Phi) is 5.12. The molecule has 0 aliphatic carbocycles. The topological polar surface area (TPSA) is 66.8 Å². The summed E-state index contributed by atoms with van der Waals surface area (Å²) >= 11 is 0. The Labute approximate surface area is 153 Å². The number of likely N-dealkylation sites (tertiary alicyclic amines) is 1. The normalized spacial score (nSPS) is 17.8. The zero-order valence-electron chi connectivity index (χ0n) is 14.6. The monoisotopic (exact) mass is 346 g/mol. The van der Waals surface area contributed by atoms with Gasteiger partial charge in [-0.3, -0.25) is 9.88 Å². The third-order valence-corrected chi connectivity index (χ3v) is 4.66. The van der Waals surface area contributed by atoms with E-state index in [2.05, 4.69) is 55.5 Å². The molecule has 1 atom stereocenters. The minimum absolute atomic E-state index is 0.314. The fraction of sp³-hybridized carbons (Fsp3) is 0.300. The second kappa shape index (κ2) is 8.01. The van der Waals surface area contributed by atoms with Gasteiger partial charge >= 0.3 is 0 Å². The van der Waals surface area contributed by atoms with Crippen molar-refractivity contribution in [3.05, 3.63) is 72.4 Å². The number of nitrogens with zero attached hydrogens (tertiary/aromatic N) is 5. The van der Waals surface area contributed by atoms with Crippen LogP contribution in [0.2, 0.25) is 0 Å².